The van der Waals surface area contributed by atoms with Crippen LogP contribution in [0.15, 0.2) is 48.7 Å². The molecule has 0 atom stereocenters. The van der Waals surface area contributed by atoms with Gasteiger partial charge in [0.15, 0.2) is 5.82 Å². The number of anilines is 1. The van der Waals surface area contributed by atoms with Gasteiger partial charge in [0, 0.05) is 50.8 Å². The smallest absolute Gasteiger partial charge is 0.327 e. The predicted molar refractivity (Wildman–Crippen MR) is 122 cm³/mol. The summed E-state index contributed by atoms with van der Waals surface area (Å²) >= 11 is 0. The molecule has 1 amide bonds. The van der Waals surface area contributed by atoms with Crippen LogP contribution in [0.25, 0.3) is 22.3 Å². The maximum absolute atomic E-state index is 12.1. The van der Waals surface area contributed by atoms with Crippen molar-refractivity contribution in [2.45, 2.75) is 6.10 Å². The lowest BCUT2D eigenvalue weighted by atomic mass is 10.1. The van der Waals surface area contributed by atoms with Crippen molar-refractivity contribution in [3.63, 3.8) is 0 Å². The first-order valence-electron chi connectivity index (χ1n) is 10.5. The van der Waals surface area contributed by atoms with E-state index in [-0.39, 0.29) is 18.0 Å². The normalized spacial score (nSPS) is 13.7. The number of carbonyl (C=O) groups is 1. The molecule has 2 aromatic heterocycles. The fraction of sp³-hybridized carbons (Fsp3) is 0.261. The van der Waals surface area contributed by atoms with Gasteiger partial charge < -0.3 is 19.3 Å². The number of fused-ring (bicyclic) bond motifs is 1. The Morgan fingerprint density at radius 2 is 1.88 bits per heavy atom. The minimum Gasteiger partial charge on any atom is -0.424 e. The number of hydrogen-bond donors (Lipinski definition) is 1. The molecule has 0 aliphatic carbocycles. The molecule has 0 saturated carbocycles. The van der Waals surface area contributed by atoms with Gasteiger partial charge in [0.25, 0.3) is 5.91 Å². The van der Waals surface area contributed by atoms with Gasteiger partial charge in [0.05, 0.1) is 17.8 Å². The Bertz CT molecular complexity index is 1300. The Morgan fingerprint density at radius 1 is 1.09 bits per heavy atom. The number of nitrogens with zero attached hydrogens (tertiary/aromatic N) is 6. The molecule has 1 N–H and O–H groups in total. The second-order valence-corrected chi connectivity index (χ2v) is 7.97. The molecule has 10 nitrogen and oxygen atoms in total. The maximum atomic E-state index is 12.1. The quantitative estimate of drug-likeness (QED) is 0.483. The number of amides is 1. The van der Waals surface area contributed by atoms with Gasteiger partial charge in [-0.3, -0.25) is 9.89 Å². The Morgan fingerprint density at radius 3 is 2.61 bits per heavy atom. The van der Waals surface area contributed by atoms with E-state index in [1.807, 2.05) is 23.1 Å². The zero-order valence-corrected chi connectivity index (χ0v) is 18.5. The van der Waals surface area contributed by atoms with Crippen molar-refractivity contribution in [1.29, 1.82) is 0 Å². The minimum absolute atomic E-state index is 0.0787. The van der Waals surface area contributed by atoms with E-state index in [1.165, 1.54) is 4.90 Å². The number of nitrogens with one attached hydrogen (secondary N) is 1. The summed E-state index contributed by atoms with van der Waals surface area (Å²) in [5, 5.41) is 8.01. The highest BCUT2D eigenvalue weighted by Gasteiger charge is 2.30. The van der Waals surface area contributed by atoms with E-state index < -0.39 is 0 Å². The average Bonchev–Trinajstić information content (AvgIpc) is 3.27. The molecule has 2 aromatic carbocycles. The average molecular weight is 445 g/mol. The van der Waals surface area contributed by atoms with Crippen molar-refractivity contribution in [3.05, 3.63) is 54.2 Å². The number of carbonyl (C=O) groups excluding carboxylic acids is 1. The lowest BCUT2D eigenvalue weighted by molar-refractivity contribution is 0.0777. The van der Waals surface area contributed by atoms with Crippen LogP contribution in [-0.4, -0.2) is 76.4 Å². The third kappa shape index (κ3) is 4.08. The van der Waals surface area contributed by atoms with Crippen molar-refractivity contribution < 1.29 is 14.3 Å². The Balaban J connectivity index is 1.49. The summed E-state index contributed by atoms with van der Waals surface area (Å²) in [4.78, 5) is 29.5. The number of aromatic nitrogens is 5. The van der Waals surface area contributed by atoms with Crippen LogP contribution in [-0.2, 0) is 4.74 Å². The van der Waals surface area contributed by atoms with Crippen LogP contribution < -0.4 is 9.64 Å². The van der Waals surface area contributed by atoms with Gasteiger partial charge in [-0.2, -0.15) is 20.1 Å². The molecule has 0 radical (unpaired) electrons. The molecule has 3 heterocycles. The fourth-order valence-electron chi connectivity index (χ4n) is 3.60. The molecular formula is C23H23N7O3. The van der Waals surface area contributed by atoms with E-state index in [4.69, 9.17) is 14.5 Å². The number of methoxy groups -OCH3 is 1. The number of benzene rings is 2. The fourth-order valence-corrected chi connectivity index (χ4v) is 3.60. The molecule has 0 unspecified atom stereocenters. The Kier molecular flexibility index (Phi) is 5.35. The van der Waals surface area contributed by atoms with Crippen LogP contribution in [0.3, 0.4) is 0 Å². The van der Waals surface area contributed by atoms with E-state index in [0.29, 0.717) is 36.2 Å². The first-order valence-corrected chi connectivity index (χ1v) is 10.5. The molecule has 0 bridgehead atoms. The third-order valence-corrected chi connectivity index (χ3v) is 5.51. The summed E-state index contributed by atoms with van der Waals surface area (Å²) in [7, 11) is 5.12. The number of rotatable bonds is 6. The zero-order valence-electron chi connectivity index (χ0n) is 18.5. The Labute approximate surface area is 190 Å². The maximum Gasteiger partial charge on any atom is 0.327 e. The summed E-state index contributed by atoms with van der Waals surface area (Å²) in [5.74, 6) is 1.45. The highest BCUT2D eigenvalue weighted by Crippen LogP contribution is 2.30. The van der Waals surface area contributed by atoms with E-state index in [2.05, 4.69) is 20.2 Å². The van der Waals surface area contributed by atoms with Crippen molar-refractivity contribution in [3.8, 4) is 23.1 Å². The second kappa shape index (κ2) is 8.47. The molecule has 1 aliphatic heterocycles. The lowest BCUT2D eigenvalue weighted by Gasteiger charge is -2.38. The Hall–Kier alpha value is -4.05. The first kappa shape index (κ1) is 20.8. The summed E-state index contributed by atoms with van der Waals surface area (Å²) < 4.78 is 11.4. The summed E-state index contributed by atoms with van der Waals surface area (Å²) in [6.45, 7) is 1.38. The van der Waals surface area contributed by atoms with Gasteiger partial charge in [-0.1, -0.05) is 12.1 Å². The summed E-state index contributed by atoms with van der Waals surface area (Å²) in [6.07, 6.45) is 1.90. The van der Waals surface area contributed by atoms with Crippen molar-refractivity contribution >= 4 is 22.8 Å². The topological polar surface area (TPSA) is 109 Å². The van der Waals surface area contributed by atoms with E-state index >= 15 is 0 Å². The molecular weight excluding hydrogens is 422 g/mol. The number of H-pyrrole nitrogens is 1. The monoisotopic (exact) mass is 445 g/mol. The third-order valence-electron chi connectivity index (χ3n) is 5.51. The van der Waals surface area contributed by atoms with Crippen molar-refractivity contribution in [2.75, 3.05) is 39.2 Å². The van der Waals surface area contributed by atoms with Gasteiger partial charge in [0.2, 0.25) is 5.95 Å². The molecule has 168 valence electrons. The van der Waals surface area contributed by atoms with E-state index in [9.17, 15) is 4.79 Å². The second-order valence-electron chi connectivity index (χ2n) is 7.97. The van der Waals surface area contributed by atoms with Crippen LogP contribution in [0.4, 0.5) is 5.95 Å². The molecule has 5 rings (SSSR count). The number of ether oxygens (including phenoxy) is 2. The molecule has 0 spiro atoms. The van der Waals surface area contributed by atoms with Crippen LogP contribution in [0.1, 0.15) is 10.4 Å². The standard InChI is InChI=1S/C23H23N7O3/c1-29(2)21(31)14-7-9-15(10-8-14)33-23-26-20(17-5-4-6-19-18(17)11-24-28-19)25-22(27-23)30-12-16(13-30)32-3/h4-11,16H,12-13H2,1-3H3,(H,24,28). The summed E-state index contributed by atoms with van der Waals surface area (Å²) in [5.41, 5.74) is 2.29. The zero-order chi connectivity index (χ0) is 22.9. The minimum atomic E-state index is -0.0787. The molecule has 4 aromatic rings. The van der Waals surface area contributed by atoms with Crippen LogP contribution in [0.5, 0.6) is 11.8 Å². The summed E-state index contributed by atoms with van der Waals surface area (Å²) in [6, 6.07) is 12.9. The molecule has 1 aliphatic rings. The predicted octanol–water partition coefficient (Wildman–Crippen LogP) is 2.74. The van der Waals surface area contributed by atoms with Crippen LogP contribution in [0.2, 0.25) is 0 Å². The SMILES string of the molecule is COC1CN(c2nc(Oc3ccc(C(=O)N(C)C)cc3)nc(-c3cccc4[nH]ncc34)n2)C1. The number of hydrogen-bond acceptors (Lipinski definition) is 8. The number of aromatic amines is 1. The van der Waals surface area contributed by atoms with Gasteiger partial charge >= 0.3 is 6.01 Å². The molecule has 10 heteroatoms. The highest BCUT2D eigenvalue weighted by atomic mass is 16.5. The largest absolute Gasteiger partial charge is 0.424 e. The van der Waals surface area contributed by atoms with Gasteiger partial charge in [-0.25, -0.2) is 0 Å². The highest BCUT2D eigenvalue weighted by molar-refractivity contribution is 5.94. The van der Waals surface area contributed by atoms with Crippen LogP contribution in [0, 0.1) is 0 Å². The van der Waals surface area contributed by atoms with E-state index in [0.717, 1.165) is 16.5 Å². The van der Waals surface area contributed by atoms with Gasteiger partial charge in [-0.15, -0.1) is 0 Å². The van der Waals surface area contributed by atoms with Gasteiger partial charge in [-0.05, 0) is 30.3 Å². The van der Waals surface area contributed by atoms with Crippen molar-refractivity contribution in [1.82, 2.24) is 30.0 Å². The van der Waals surface area contributed by atoms with Crippen LogP contribution >= 0.6 is 0 Å². The molecule has 1 fully saturated rings. The first-order chi connectivity index (χ1) is 16.0. The van der Waals surface area contributed by atoms with E-state index in [1.54, 1.807) is 51.7 Å². The van der Waals surface area contributed by atoms with Gasteiger partial charge in [0.1, 0.15) is 5.75 Å². The molecule has 33 heavy (non-hydrogen) atoms. The van der Waals surface area contributed by atoms with Crippen molar-refractivity contribution in [2.24, 2.45) is 0 Å². The lowest BCUT2D eigenvalue weighted by Crippen LogP contribution is -2.52. The molecule has 1 saturated heterocycles.